The fourth-order valence-electron chi connectivity index (χ4n) is 4.30. The lowest BCUT2D eigenvalue weighted by Gasteiger charge is -2.30. The van der Waals surface area contributed by atoms with Crippen LogP contribution in [0.25, 0.3) is 0 Å². The Bertz CT molecular complexity index is 976. The third-order valence-electron chi connectivity index (χ3n) is 6.25. The quantitative estimate of drug-likeness (QED) is 0.500. The Kier molecular flexibility index (Phi) is 8.86. The summed E-state index contributed by atoms with van der Waals surface area (Å²) in [5, 5.41) is 14.2. The highest BCUT2D eigenvalue weighted by molar-refractivity contribution is 5.76. The summed E-state index contributed by atoms with van der Waals surface area (Å²) in [6.07, 6.45) is 12.1. The van der Waals surface area contributed by atoms with Crippen molar-refractivity contribution < 1.29 is 28.8 Å². The van der Waals surface area contributed by atoms with Gasteiger partial charge in [-0.1, -0.05) is 18.2 Å². The minimum atomic E-state index is -1.05. The van der Waals surface area contributed by atoms with Crippen LogP contribution in [0.15, 0.2) is 72.1 Å². The number of likely N-dealkylation sites (tertiary alicyclic amines) is 1. The van der Waals surface area contributed by atoms with E-state index in [9.17, 15) is 9.90 Å². The number of ether oxygens (including phenoxy) is 4. The average molecular weight is 483 g/mol. The van der Waals surface area contributed by atoms with Gasteiger partial charge in [0, 0.05) is 6.54 Å². The first-order valence-electron chi connectivity index (χ1n) is 12.2. The van der Waals surface area contributed by atoms with Gasteiger partial charge in [-0.05, 0) is 68.6 Å². The summed E-state index contributed by atoms with van der Waals surface area (Å²) in [6, 6.07) is 6.66. The molecule has 0 bridgehead atoms. The molecule has 1 fully saturated rings. The predicted octanol–water partition coefficient (Wildman–Crippen LogP) is 3.41. The number of hydrogen-bond donors (Lipinski definition) is 2. The van der Waals surface area contributed by atoms with Crippen molar-refractivity contribution in [1.82, 2.24) is 10.2 Å². The fourth-order valence-corrected chi connectivity index (χ4v) is 4.30. The Hall–Kier alpha value is -3.23. The van der Waals surface area contributed by atoms with Crippen LogP contribution in [0.1, 0.15) is 32.1 Å². The van der Waals surface area contributed by atoms with Crippen LogP contribution >= 0.6 is 0 Å². The molecule has 1 amide bonds. The molecule has 4 rings (SSSR count). The summed E-state index contributed by atoms with van der Waals surface area (Å²) in [7, 11) is 1.61. The fraction of sp³-hybridized carbons (Fsp3) is 0.444. The molecular weight excluding hydrogens is 448 g/mol. The van der Waals surface area contributed by atoms with Gasteiger partial charge in [-0.25, -0.2) is 0 Å². The molecule has 2 aliphatic heterocycles. The maximum absolute atomic E-state index is 12.8. The van der Waals surface area contributed by atoms with E-state index in [2.05, 4.69) is 16.3 Å². The summed E-state index contributed by atoms with van der Waals surface area (Å²) in [5.41, 5.74) is 1.01. The molecule has 2 heterocycles. The average Bonchev–Trinajstić information content (AvgIpc) is 3.42. The van der Waals surface area contributed by atoms with Gasteiger partial charge >= 0.3 is 0 Å². The minimum Gasteiger partial charge on any atom is -0.497 e. The van der Waals surface area contributed by atoms with Gasteiger partial charge in [0.25, 0.3) is 0 Å². The molecule has 8 heteroatoms. The second-order valence-corrected chi connectivity index (χ2v) is 8.80. The van der Waals surface area contributed by atoms with Crippen LogP contribution in [-0.4, -0.2) is 61.4 Å². The van der Waals surface area contributed by atoms with E-state index >= 15 is 0 Å². The summed E-state index contributed by atoms with van der Waals surface area (Å²) in [6.45, 7) is 2.64. The molecule has 1 aromatic rings. The van der Waals surface area contributed by atoms with Gasteiger partial charge in [0.15, 0.2) is 11.5 Å². The first-order valence-corrected chi connectivity index (χ1v) is 12.2. The van der Waals surface area contributed by atoms with Crippen LogP contribution in [0.2, 0.25) is 0 Å². The van der Waals surface area contributed by atoms with Crippen LogP contribution in [0.4, 0.5) is 0 Å². The van der Waals surface area contributed by atoms with Crippen molar-refractivity contribution in [1.29, 1.82) is 0 Å². The molecule has 0 radical (unpaired) electrons. The molecular formula is C27H34N2O6. The highest BCUT2D eigenvalue weighted by Crippen LogP contribution is 2.28. The molecule has 1 saturated heterocycles. The molecule has 1 aliphatic carbocycles. The van der Waals surface area contributed by atoms with E-state index in [1.165, 1.54) is 6.26 Å². The zero-order chi connectivity index (χ0) is 24.5. The summed E-state index contributed by atoms with van der Waals surface area (Å²) < 4.78 is 22.3. The topological polar surface area (TPSA) is 89.5 Å². The Morgan fingerprint density at radius 2 is 1.94 bits per heavy atom. The second-order valence-electron chi connectivity index (χ2n) is 8.80. The van der Waals surface area contributed by atoms with Gasteiger partial charge in [0.05, 0.1) is 26.2 Å². The number of aliphatic hydroxyl groups excluding tert-OH is 1. The molecule has 0 unspecified atom stereocenters. The van der Waals surface area contributed by atoms with Crippen LogP contribution < -0.4 is 14.8 Å². The number of amides is 1. The number of nitrogens with one attached hydrogen (secondary N) is 1. The number of aliphatic hydroxyl groups is 1. The van der Waals surface area contributed by atoms with Crippen LogP contribution in [-0.2, 0) is 14.3 Å². The first kappa shape index (κ1) is 24.9. The van der Waals surface area contributed by atoms with Gasteiger partial charge in [-0.2, -0.15) is 0 Å². The van der Waals surface area contributed by atoms with Crippen molar-refractivity contribution >= 4 is 5.91 Å². The highest BCUT2D eigenvalue weighted by atomic mass is 16.6. The van der Waals surface area contributed by atoms with E-state index in [0.29, 0.717) is 18.1 Å². The van der Waals surface area contributed by atoms with E-state index < -0.39 is 12.1 Å². The number of methoxy groups -OCH3 is 1. The molecule has 0 saturated carbocycles. The number of rotatable bonds is 11. The van der Waals surface area contributed by atoms with E-state index in [1.807, 2.05) is 12.2 Å². The zero-order valence-electron chi connectivity index (χ0n) is 20.2. The largest absolute Gasteiger partial charge is 0.497 e. The molecule has 1 aromatic carbocycles. The Labute approximate surface area is 206 Å². The van der Waals surface area contributed by atoms with E-state index in [4.69, 9.17) is 18.9 Å². The molecule has 2 atom stereocenters. The summed E-state index contributed by atoms with van der Waals surface area (Å²) in [5.74, 6) is 2.08. The lowest BCUT2D eigenvalue weighted by Crippen LogP contribution is -2.51. The number of allylic oxidation sites excluding steroid dienone is 4. The van der Waals surface area contributed by atoms with E-state index in [1.54, 1.807) is 37.6 Å². The van der Waals surface area contributed by atoms with Gasteiger partial charge in [-0.3, -0.25) is 4.79 Å². The lowest BCUT2D eigenvalue weighted by atomic mass is 10.0. The molecule has 0 aromatic heterocycles. The second kappa shape index (κ2) is 12.5. The van der Waals surface area contributed by atoms with Crippen LogP contribution in [0.5, 0.6) is 11.5 Å². The third-order valence-corrected chi connectivity index (χ3v) is 6.25. The summed E-state index contributed by atoms with van der Waals surface area (Å²) in [4.78, 5) is 15.0. The normalized spacial score (nSPS) is 19.4. The van der Waals surface area contributed by atoms with Crippen molar-refractivity contribution in [2.45, 2.75) is 44.2 Å². The Balaban J connectivity index is 1.34. The Morgan fingerprint density at radius 3 is 2.66 bits per heavy atom. The van der Waals surface area contributed by atoms with Crippen LogP contribution in [0.3, 0.4) is 0 Å². The molecule has 35 heavy (non-hydrogen) atoms. The predicted molar refractivity (Wildman–Crippen MR) is 132 cm³/mol. The van der Waals surface area contributed by atoms with E-state index in [0.717, 1.165) is 50.1 Å². The van der Waals surface area contributed by atoms with Crippen molar-refractivity contribution in [2.24, 2.45) is 0 Å². The highest BCUT2D eigenvalue weighted by Gasteiger charge is 2.31. The minimum absolute atomic E-state index is 0.163. The third kappa shape index (κ3) is 7.13. The Morgan fingerprint density at radius 1 is 1.17 bits per heavy atom. The van der Waals surface area contributed by atoms with Crippen molar-refractivity contribution in [3.05, 3.63) is 72.1 Å². The van der Waals surface area contributed by atoms with Gasteiger partial charge in [-0.15, -0.1) is 0 Å². The monoisotopic (exact) mass is 482 g/mol. The van der Waals surface area contributed by atoms with Gasteiger partial charge in [0.1, 0.15) is 30.1 Å². The SMILES string of the molecule is COc1ccc(OCCC(=O)N[C@H](CN2CCCC2)[C@@H](O)C2=COC=C(C3=CC=CCC3)O2)cc1. The number of hydrogen-bond acceptors (Lipinski definition) is 7. The van der Waals surface area contributed by atoms with E-state index in [-0.39, 0.29) is 24.7 Å². The van der Waals surface area contributed by atoms with Crippen molar-refractivity contribution in [2.75, 3.05) is 33.4 Å². The van der Waals surface area contributed by atoms with Gasteiger partial charge < -0.3 is 34.3 Å². The maximum Gasteiger partial charge on any atom is 0.223 e. The molecule has 0 spiro atoms. The van der Waals surface area contributed by atoms with Gasteiger partial charge in [0.2, 0.25) is 5.91 Å². The summed E-state index contributed by atoms with van der Waals surface area (Å²) >= 11 is 0. The smallest absolute Gasteiger partial charge is 0.223 e. The molecule has 2 N–H and O–H groups in total. The lowest BCUT2D eigenvalue weighted by molar-refractivity contribution is -0.123. The number of carbonyl (C=O) groups is 1. The number of benzene rings is 1. The molecule has 8 nitrogen and oxygen atoms in total. The molecule has 188 valence electrons. The van der Waals surface area contributed by atoms with Crippen molar-refractivity contribution in [3.63, 3.8) is 0 Å². The van der Waals surface area contributed by atoms with Crippen LogP contribution in [0, 0.1) is 0 Å². The maximum atomic E-state index is 12.8. The number of nitrogens with zero attached hydrogens (tertiary/aromatic N) is 1. The molecule has 3 aliphatic rings. The number of carbonyl (C=O) groups excluding carboxylic acids is 1. The van der Waals surface area contributed by atoms with Crippen molar-refractivity contribution in [3.8, 4) is 11.5 Å². The zero-order valence-corrected chi connectivity index (χ0v) is 20.2. The first-order chi connectivity index (χ1) is 17.1. The standard InChI is InChI=1S/C27H34N2O6/c1-32-21-9-11-22(12-10-21)34-16-13-26(30)28-23(17-29-14-5-6-15-29)27(31)25-19-33-18-24(35-25)20-7-3-2-4-8-20/h2-3,7,9-12,18-19,23,27,31H,4-6,8,13-17H2,1H3,(H,28,30)/t23-,27-/m1/s1.